The Morgan fingerprint density at radius 1 is 1.21 bits per heavy atom. The number of carboxylic acids is 1. The van der Waals surface area contributed by atoms with Crippen LogP contribution in [0.5, 0.6) is 5.88 Å². The van der Waals surface area contributed by atoms with E-state index >= 15 is 0 Å². The Morgan fingerprint density at radius 3 is 2.79 bits per heavy atom. The molecule has 0 bridgehead atoms. The molecule has 0 aliphatic carbocycles. The van der Waals surface area contributed by atoms with Gasteiger partial charge < -0.3 is 25.4 Å². The van der Waals surface area contributed by atoms with Crippen LogP contribution in [0.3, 0.4) is 0 Å². The van der Waals surface area contributed by atoms with Gasteiger partial charge in [-0.25, -0.2) is 9.78 Å². The average Bonchev–Trinajstić information content (AvgIpc) is 2.95. The third kappa shape index (κ3) is 6.40. The van der Waals surface area contributed by atoms with Gasteiger partial charge >= 0.3 is 5.97 Å². The molecule has 3 heterocycles. The van der Waals surface area contributed by atoms with E-state index in [-0.39, 0.29) is 17.7 Å². The number of carboxylic acid groups (broad SMARTS) is 1. The largest absolute Gasteiger partial charge is 0.481 e. The number of ether oxygens (including phenoxy) is 1. The third-order valence-electron chi connectivity index (χ3n) is 7.09. The van der Waals surface area contributed by atoms with Crippen molar-refractivity contribution in [3.05, 3.63) is 59.7 Å². The van der Waals surface area contributed by atoms with Crippen molar-refractivity contribution in [1.29, 1.82) is 0 Å². The fourth-order valence-electron chi connectivity index (χ4n) is 4.97. The van der Waals surface area contributed by atoms with Gasteiger partial charge in [-0.15, -0.1) is 11.8 Å². The maximum Gasteiger partial charge on any atom is 0.328 e. The zero-order chi connectivity index (χ0) is 27.4. The molecule has 2 amide bonds. The summed E-state index contributed by atoms with van der Waals surface area (Å²) in [5.41, 5.74) is 3.89. The Kier molecular flexibility index (Phi) is 8.13. The molecule has 0 spiro atoms. The lowest BCUT2D eigenvalue weighted by Crippen LogP contribution is -2.39. The molecule has 0 atom stereocenters. The first kappa shape index (κ1) is 26.7. The van der Waals surface area contributed by atoms with Crippen LogP contribution < -0.4 is 15.4 Å². The van der Waals surface area contributed by atoms with Crippen LogP contribution in [0.1, 0.15) is 24.0 Å². The molecule has 2 aliphatic heterocycles. The van der Waals surface area contributed by atoms with Crippen molar-refractivity contribution < 1.29 is 24.2 Å². The lowest BCUT2D eigenvalue weighted by molar-refractivity contribution is -0.131. The molecule has 3 aromatic rings. The van der Waals surface area contributed by atoms with Gasteiger partial charge in [-0.3, -0.25) is 9.59 Å². The van der Waals surface area contributed by atoms with Crippen LogP contribution >= 0.6 is 11.8 Å². The number of aliphatic carboxylic acids is 1. The van der Waals surface area contributed by atoms with E-state index in [4.69, 9.17) is 9.84 Å². The van der Waals surface area contributed by atoms with E-state index < -0.39 is 5.97 Å². The molecule has 0 unspecified atom stereocenters. The lowest BCUT2D eigenvalue weighted by Gasteiger charge is -2.31. The molecule has 1 aromatic heterocycles. The summed E-state index contributed by atoms with van der Waals surface area (Å²) in [6.45, 7) is 2.57. The highest BCUT2D eigenvalue weighted by Gasteiger charge is 2.26. The summed E-state index contributed by atoms with van der Waals surface area (Å²) < 4.78 is 5.27. The second-order valence-corrected chi connectivity index (χ2v) is 10.7. The van der Waals surface area contributed by atoms with E-state index in [0.29, 0.717) is 28.4 Å². The van der Waals surface area contributed by atoms with Gasteiger partial charge in [-0.1, -0.05) is 12.1 Å². The monoisotopic (exact) mass is 546 g/mol. The van der Waals surface area contributed by atoms with Gasteiger partial charge in [0.25, 0.3) is 0 Å². The first-order valence-corrected chi connectivity index (χ1v) is 13.9. The summed E-state index contributed by atoms with van der Waals surface area (Å²) in [5, 5.41) is 15.7. The highest BCUT2D eigenvalue weighted by molar-refractivity contribution is 8.00. The molecule has 2 aromatic carbocycles. The maximum absolute atomic E-state index is 13.2. The number of benzene rings is 2. The van der Waals surface area contributed by atoms with Crippen molar-refractivity contribution in [2.75, 3.05) is 43.1 Å². The van der Waals surface area contributed by atoms with Crippen LogP contribution in [-0.2, 0) is 20.8 Å². The molecule has 39 heavy (non-hydrogen) atoms. The molecular weight excluding hydrogens is 516 g/mol. The number of amides is 2. The van der Waals surface area contributed by atoms with Crippen molar-refractivity contribution in [2.24, 2.45) is 5.92 Å². The van der Waals surface area contributed by atoms with Crippen LogP contribution in [0.4, 0.5) is 11.4 Å². The fraction of sp³-hybridized carbons (Fsp3) is 0.310. The van der Waals surface area contributed by atoms with Gasteiger partial charge in [-0.05, 0) is 73.8 Å². The fourth-order valence-corrected chi connectivity index (χ4v) is 5.76. The van der Waals surface area contributed by atoms with Gasteiger partial charge in [-0.2, -0.15) is 0 Å². The Morgan fingerprint density at radius 2 is 2.03 bits per heavy atom. The number of anilines is 2. The molecule has 3 N–H and O–H groups in total. The van der Waals surface area contributed by atoms with Crippen molar-refractivity contribution in [3.8, 4) is 5.88 Å². The number of rotatable bonds is 8. The standard InChI is InChI=1S/C29H30N4O5S/c1-38-26-8-5-21-19(4-9-27(35)36)3-6-22(28(21)32-26)31-29(37)20-11-14-33(15-12-20)13-10-18-2-7-24-23(16-18)30-25(34)17-39-24/h2-9,16,20H,10-15,17H2,1H3,(H,30,34)(H,31,37)(H,35,36)/b9-4+. The Hall–Kier alpha value is -3.89. The molecule has 9 nitrogen and oxygen atoms in total. The van der Waals surface area contributed by atoms with Crippen molar-refractivity contribution in [1.82, 2.24) is 9.88 Å². The van der Waals surface area contributed by atoms with Crippen LogP contribution in [0, 0.1) is 5.92 Å². The lowest BCUT2D eigenvalue weighted by atomic mass is 9.95. The molecule has 1 fully saturated rings. The van der Waals surface area contributed by atoms with E-state index in [0.717, 1.165) is 60.9 Å². The Balaban J connectivity index is 1.19. The number of fused-ring (bicyclic) bond motifs is 2. The van der Waals surface area contributed by atoms with E-state index in [9.17, 15) is 14.4 Å². The smallest absolute Gasteiger partial charge is 0.328 e. The van der Waals surface area contributed by atoms with Gasteiger partial charge in [0.1, 0.15) is 0 Å². The SMILES string of the molecule is COc1ccc2c(/C=C/C(=O)O)ccc(NC(=O)C3CCN(CCc4ccc5c(c4)NC(=O)CS5)CC3)c2n1. The Bertz CT molecular complexity index is 1450. The number of pyridine rings is 1. The van der Waals surface area contributed by atoms with Crippen molar-refractivity contribution in [2.45, 2.75) is 24.2 Å². The predicted octanol–water partition coefficient (Wildman–Crippen LogP) is 4.28. The number of nitrogens with one attached hydrogen (secondary N) is 2. The first-order chi connectivity index (χ1) is 18.9. The summed E-state index contributed by atoms with van der Waals surface area (Å²) in [7, 11) is 1.52. The van der Waals surface area contributed by atoms with Crippen molar-refractivity contribution in [3.63, 3.8) is 0 Å². The molecule has 202 valence electrons. The molecule has 1 saturated heterocycles. The number of hydrogen-bond acceptors (Lipinski definition) is 7. The quantitative estimate of drug-likeness (QED) is 0.358. The minimum Gasteiger partial charge on any atom is -0.481 e. The second-order valence-electron chi connectivity index (χ2n) is 9.65. The van der Waals surface area contributed by atoms with Gasteiger partial charge in [0, 0.05) is 34.9 Å². The zero-order valence-corrected chi connectivity index (χ0v) is 22.4. The summed E-state index contributed by atoms with van der Waals surface area (Å²) in [4.78, 5) is 43.9. The summed E-state index contributed by atoms with van der Waals surface area (Å²) in [6.07, 6.45) is 4.99. The summed E-state index contributed by atoms with van der Waals surface area (Å²) >= 11 is 1.57. The van der Waals surface area contributed by atoms with Crippen molar-refractivity contribution >= 4 is 57.9 Å². The molecule has 0 saturated carbocycles. The summed E-state index contributed by atoms with van der Waals surface area (Å²) in [6, 6.07) is 13.3. The number of piperidine rings is 1. The zero-order valence-electron chi connectivity index (χ0n) is 21.6. The average molecular weight is 547 g/mol. The Labute approximate surface area is 230 Å². The van der Waals surface area contributed by atoms with Crippen LogP contribution in [0.15, 0.2) is 53.4 Å². The van der Waals surface area contributed by atoms with E-state index in [1.807, 2.05) is 6.07 Å². The number of hydrogen-bond donors (Lipinski definition) is 3. The third-order valence-corrected chi connectivity index (χ3v) is 8.16. The normalized spacial score (nSPS) is 16.2. The highest BCUT2D eigenvalue weighted by Crippen LogP contribution is 2.32. The highest BCUT2D eigenvalue weighted by atomic mass is 32.2. The van der Waals surface area contributed by atoms with Crippen LogP contribution in [0.2, 0.25) is 0 Å². The molecule has 10 heteroatoms. The van der Waals surface area contributed by atoms with Gasteiger partial charge in [0.2, 0.25) is 17.7 Å². The number of aromatic nitrogens is 1. The first-order valence-electron chi connectivity index (χ1n) is 12.9. The molecule has 0 radical (unpaired) electrons. The van der Waals surface area contributed by atoms with E-state index in [1.165, 1.54) is 18.7 Å². The number of methoxy groups -OCH3 is 1. The van der Waals surface area contributed by atoms with E-state index in [2.05, 4.69) is 38.7 Å². The minimum absolute atomic E-state index is 0.0406. The van der Waals surface area contributed by atoms with Gasteiger partial charge in [0.05, 0.1) is 29.8 Å². The molecule has 5 rings (SSSR count). The number of carbonyl (C=O) groups is 3. The predicted molar refractivity (Wildman–Crippen MR) is 152 cm³/mol. The van der Waals surface area contributed by atoms with Crippen LogP contribution in [-0.4, -0.2) is 65.3 Å². The second kappa shape index (κ2) is 11.9. The maximum atomic E-state index is 13.2. The summed E-state index contributed by atoms with van der Waals surface area (Å²) in [5.74, 6) is -0.277. The number of nitrogens with zero attached hydrogens (tertiary/aromatic N) is 2. The number of thioether (sulfide) groups is 1. The van der Waals surface area contributed by atoms with Gasteiger partial charge in [0.15, 0.2) is 0 Å². The minimum atomic E-state index is -1.04. The molecular formula is C29H30N4O5S. The number of likely N-dealkylation sites (tertiary alicyclic amines) is 1. The van der Waals surface area contributed by atoms with Crippen LogP contribution in [0.25, 0.3) is 17.0 Å². The van der Waals surface area contributed by atoms with E-state index in [1.54, 1.807) is 30.0 Å². The number of carbonyl (C=O) groups excluding carboxylic acids is 2. The topological polar surface area (TPSA) is 121 Å². The molecule has 2 aliphatic rings.